The van der Waals surface area contributed by atoms with Crippen molar-refractivity contribution in [3.05, 3.63) is 66.2 Å². The Morgan fingerprint density at radius 3 is 2.40 bits per heavy atom. The summed E-state index contributed by atoms with van der Waals surface area (Å²) in [6.45, 7) is 7.15. The molecule has 35 heavy (non-hydrogen) atoms. The molecular formula is C27H39N3O4S. The number of sulfonamides is 1. The Kier molecular flexibility index (Phi) is 10.3. The van der Waals surface area contributed by atoms with Crippen LogP contribution in [0.3, 0.4) is 0 Å². The molecule has 1 heterocycles. The number of nitrogens with zero attached hydrogens (tertiary/aromatic N) is 2. The van der Waals surface area contributed by atoms with Gasteiger partial charge in [-0.1, -0.05) is 55.5 Å². The van der Waals surface area contributed by atoms with Gasteiger partial charge in [0.15, 0.2) is 0 Å². The molecule has 2 aromatic rings. The van der Waals surface area contributed by atoms with E-state index in [1.807, 2.05) is 31.2 Å². The van der Waals surface area contributed by atoms with Gasteiger partial charge in [0.2, 0.25) is 10.0 Å². The number of carbonyl (C=O) groups excluding carboxylic acids is 1. The predicted octanol–water partition coefficient (Wildman–Crippen LogP) is 3.69. The summed E-state index contributed by atoms with van der Waals surface area (Å²) in [6, 6.07) is 18.7. The number of rotatable bonds is 12. The first-order valence-electron chi connectivity index (χ1n) is 12.6. The zero-order valence-electron chi connectivity index (χ0n) is 21.1. The molecule has 0 bridgehead atoms. The van der Waals surface area contributed by atoms with Crippen molar-refractivity contribution in [1.82, 2.24) is 14.5 Å². The van der Waals surface area contributed by atoms with Crippen LogP contribution in [0, 0.1) is 5.92 Å². The van der Waals surface area contributed by atoms with E-state index in [-0.39, 0.29) is 24.0 Å². The Bertz CT molecular complexity index is 1020. The molecule has 1 N–H and O–H groups in total. The molecule has 1 fully saturated rings. The molecule has 2 aromatic carbocycles. The summed E-state index contributed by atoms with van der Waals surface area (Å²) in [5.41, 5.74) is 1.13. The minimum absolute atomic E-state index is 0.0461. The molecule has 1 unspecified atom stereocenters. The zero-order valence-corrected chi connectivity index (χ0v) is 21.9. The fraction of sp³-hybridized carbons (Fsp3) is 0.519. The Hall–Kier alpha value is -2.26. The fourth-order valence-electron chi connectivity index (χ4n) is 4.79. The van der Waals surface area contributed by atoms with Crippen molar-refractivity contribution in [1.29, 1.82) is 0 Å². The van der Waals surface area contributed by atoms with Crippen molar-refractivity contribution >= 4 is 16.0 Å². The van der Waals surface area contributed by atoms with Crippen LogP contribution >= 0.6 is 0 Å². The van der Waals surface area contributed by atoms with E-state index in [4.69, 9.17) is 4.74 Å². The third kappa shape index (κ3) is 7.36. The average molecular weight is 502 g/mol. The van der Waals surface area contributed by atoms with Crippen LogP contribution in [-0.2, 0) is 19.6 Å². The third-order valence-electron chi connectivity index (χ3n) is 6.74. The number of likely N-dealkylation sites (tertiary alicyclic amines) is 1. The number of carbonyl (C=O) groups is 1. The SMILES string of the molecule is CCN[C@H]1C[C@@H](C(=O)OCC)CCN1CCC(CN(C)S(=O)(=O)c1ccccc1)c1ccccc1. The Labute approximate surface area is 210 Å². The number of esters is 1. The van der Waals surface area contributed by atoms with Gasteiger partial charge in [0.25, 0.3) is 0 Å². The van der Waals surface area contributed by atoms with E-state index in [0.29, 0.717) is 18.0 Å². The van der Waals surface area contributed by atoms with Gasteiger partial charge < -0.3 is 10.1 Å². The number of benzene rings is 2. The van der Waals surface area contributed by atoms with Crippen LogP contribution in [0.5, 0.6) is 0 Å². The molecule has 7 nitrogen and oxygen atoms in total. The van der Waals surface area contributed by atoms with Gasteiger partial charge in [-0.3, -0.25) is 9.69 Å². The number of likely N-dealkylation sites (N-methyl/N-ethyl adjacent to an activating group) is 1. The summed E-state index contributed by atoms with van der Waals surface area (Å²) in [5, 5.41) is 3.52. The lowest BCUT2D eigenvalue weighted by Crippen LogP contribution is -2.52. The molecule has 8 heteroatoms. The van der Waals surface area contributed by atoms with Gasteiger partial charge in [-0.05, 0) is 56.3 Å². The van der Waals surface area contributed by atoms with Crippen molar-refractivity contribution < 1.29 is 17.9 Å². The minimum atomic E-state index is -3.57. The molecule has 0 spiro atoms. The second-order valence-electron chi connectivity index (χ2n) is 9.08. The van der Waals surface area contributed by atoms with Crippen LogP contribution in [0.2, 0.25) is 0 Å². The zero-order chi connectivity index (χ0) is 25.3. The molecule has 3 rings (SSSR count). The first kappa shape index (κ1) is 27.3. The van der Waals surface area contributed by atoms with E-state index in [1.165, 1.54) is 4.31 Å². The molecule has 0 saturated carbocycles. The lowest BCUT2D eigenvalue weighted by atomic mass is 9.92. The lowest BCUT2D eigenvalue weighted by Gasteiger charge is -2.39. The van der Waals surface area contributed by atoms with Crippen LogP contribution in [0.15, 0.2) is 65.6 Å². The van der Waals surface area contributed by atoms with Crippen LogP contribution < -0.4 is 5.32 Å². The van der Waals surface area contributed by atoms with Crippen molar-refractivity contribution in [2.75, 3.05) is 39.8 Å². The molecular weight excluding hydrogens is 462 g/mol. The second-order valence-corrected chi connectivity index (χ2v) is 11.1. The highest BCUT2D eigenvalue weighted by atomic mass is 32.2. The smallest absolute Gasteiger partial charge is 0.309 e. The van der Waals surface area contributed by atoms with Crippen molar-refractivity contribution in [2.24, 2.45) is 5.92 Å². The minimum Gasteiger partial charge on any atom is -0.466 e. The quantitative estimate of drug-likeness (QED) is 0.447. The van der Waals surface area contributed by atoms with Crippen LogP contribution in [0.4, 0.5) is 0 Å². The van der Waals surface area contributed by atoms with E-state index in [0.717, 1.165) is 44.5 Å². The normalized spacial score (nSPS) is 20.0. The first-order valence-corrected chi connectivity index (χ1v) is 14.0. The van der Waals surface area contributed by atoms with E-state index < -0.39 is 10.0 Å². The maximum atomic E-state index is 13.2. The lowest BCUT2D eigenvalue weighted by molar-refractivity contribution is -0.150. The van der Waals surface area contributed by atoms with Crippen LogP contribution in [0.25, 0.3) is 0 Å². The first-order chi connectivity index (χ1) is 16.9. The van der Waals surface area contributed by atoms with Gasteiger partial charge in [0, 0.05) is 26.7 Å². The molecule has 0 radical (unpaired) electrons. The maximum Gasteiger partial charge on any atom is 0.309 e. The molecule has 1 saturated heterocycles. The van der Waals surface area contributed by atoms with Crippen molar-refractivity contribution in [3.63, 3.8) is 0 Å². The summed E-state index contributed by atoms with van der Waals surface area (Å²) < 4.78 is 33.0. The average Bonchev–Trinajstić information content (AvgIpc) is 2.88. The molecule has 1 aliphatic rings. The Morgan fingerprint density at radius 2 is 1.77 bits per heavy atom. The molecule has 192 valence electrons. The highest BCUT2D eigenvalue weighted by Gasteiger charge is 2.33. The number of hydrogen-bond acceptors (Lipinski definition) is 6. The number of piperidine rings is 1. The van der Waals surface area contributed by atoms with Gasteiger partial charge in [-0.2, -0.15) is 0 Å². The molecule has 0 aromatic heterocycles. The molecule has 0 aliphatic carbocycles. The van der Waals surface area contributed by atoms with Crippen LogP contribution in [-0.4, -0.2) is 69.6 Å². The fourth-order valence-corrected chi connectivity index (χ4v) is 6.03. The van der Waals surface area contributed by atoms with Gasteiger partial charge >= 0.3 is 5.97 Å². The highest BCUT2D eigenvalue weighted by Crippen LogP contribution is 2.27. The standard InChI is InChI=1S/C27H39N3O4S/c1-4-28-26-20-23(27(31)34-5-2)16-18-30(26)19-17-24(22-12-8-6-9-13-22)21-29(3)35(32,33)25-14-10-7-11-15-25/h6-15,23-24,26,28H,4-5,16-21H2,1-3H3/t23-,24?,26+/m0/s1. The second kappa shape index (κ2) is 13.2. The van der Waals surface area contributed by atoms with Gasteiger partial charge in [0.1, 0.15) is 0 Å². The Balaban J connectivity index is 1.71. The van der Waals surface area contributed by atoms with Crippen LogP contribution in [0.1, 0.15) is 44.6 Å². The number of hydrogen-bond donors (Lipinski definition) is 1. The largest absolute Gasteiger partial charge is 0.466 e. The highest BCUT2D eigenvalue weighted by molar-refractivity contribution is 7.89. The predicted molar refractivity (Wildman–Crippen MR) is 138 cm³/mol. The van der Waals surface area contributed by atoms with Crippen molar-refractivity contribution in [2.45, 2.75) is 50.1 Å². The molecule has 1 aliphatic heterocycles. The number of nitrogens with one attached hydrogen (secondary N) is 1. The van der Waals surface area contributed by atoms with Gasteiger partial charge in [-0.15, -0.1) is 0 Å². The molecule has 3 atom stereocenters. The summed E-state index contributed by atoms with van der Waals surface area (Å²) in [4.78, 5) is 15.0. The maximum absolute atomic E-state index is 13.2. The number of ether oxygens (including phenoxy) is 1. The summed E-state index contributed by atoms with van der Waals surface area (Å²) in [5.74, 6) is -0.142. The van der Waals surface area contributed by atoms with E-state index >= 15 is 0 Å². The van der Waals surface area contributed by atoms with Gasteiger partial charge in [-0.25, -0.2) is 12.7 Å². The van der Waals surface area contributed by atoms with E-state index in [1.54, 1.807) is 31.3 Å². The third-order valence-corrected chi connectivity index (χ3v) is 8.58. The van der Waals surface area contributed by atoms with Crippen molar-refractivity contribution in [3.8, 4) is 0 Å². The van der Waals surface area contributed by atoms with Gasteiger partial charge in [0.05, 0.1) is 23.6 Å². The summed E-state index contributed by atoms with van der Waals surface area (Å²) in [7, 11) is -1.91. The Morgan fingerprint density at radius 1 is 1.11 bits per heavy atom. The topological polar surface area (TPSA) is 79.0 Å². The van der Waals surface area contributed by atoms with E-state index in [9.17, 15) is 13.2 Å². The van der Waals surface area contributed by atoms with E-state index in [2.05, 4.69) is 29.3 Å². The monoisotopic (exact) mass is 501 g/mol. The summed E-state index contributed by atoms with van der Waals surface area (Å²) >= 11 is 0. The summed E-state index contributed by atoms with van der Waals surface area (Å²) in [6.07, 6.45) is 2.42. The molecule has 0 amide bonds.